The molecule has 0 aliphatic carbocycles. The van der Waals surface area contributed by atoms with Crippen molar-refractivity contribution in [3.05, 3.63) is 52.6 Å². The van der Waals surface area contributed by atoms with Crippen LogP contribution in [0.2, 0.25) is 5.02 Å². The maximum Gasteiger partial charge on any atom is 0.325 e. The van der Waals surface area contributed by atoms with E-state index in [1.165, 1.54) is 6.33 Å². The Morgan fingerprint density at radius 3 is 2.70 bits per heavy atom. The zero-order valence-corrected chi connectivity index (χ0v) is 13.9. The van der Waals surface area contributed by atoms with Gasteiger partial charge in [0.25, 0.3) is 5.91 Å². The van der Waals surface area contributed by atoms with Crippen molar-refractivity contribution >= 4 is 23.4 Å². The Labute approximate surface area is 138 Å². The molecule has 1 amide bonds. The lowest BCUT2D eigenvalue weighted by atomic mass is 10.1. The first-order valence-electron chi connectivity index (χ1n) is 7.29. The fourth-order valence-corrected chi connectivity index (χ4v) is 2.60. The molecule has 6 nitrogen and oxygen atoms in total. The zero-order valence-electron chi connectivity index (χ0n) is 13.2. The number of oxazole rings is 1. The third-order valence-corrected chi connectivity index (χ3v) is 3.84. The highest BCUT2D eigenvalue weighted by Gasteiger charge is 2.26. The van der Waals surface area contributed by atoms with Crippen molar-refractivity contribution in [1.29, 1.82) is 0 Å². The van der Waals surface area contributed by atoms with E-state index in [9.17, 15) is 4.79 Å². The summed E-state index contributed by atoms with van der Waals surface area (Å²) in [5, 5.41) is 4.79. The minimum atomic E-state index is -0.198. The van der Waals surface area contributed by atoms with Gasteiger partial charge in [-0.05, 0) is 23.6 Å². The van der Waals surface area contributed by atoms with E-state index in [0.29, 0.717) is 17.4 Å². The summed E-state index contributed by atoms with van der Waals surface area (Å²) in [6.45, 7) is 4.44. The van der Waals surface area contributed by atoms with Crippen molar-refractivity contribution in [3.8, 4) is 0 Å². The average molecular weight is 333 g/mol. The Kier molecular flexibility index (Phi) is 4.09. The highest BCUT2D eigenvalue weighted by atomic mass is 35.5. The number of aromatic nitrogens is 3. The summed E-state index contributed by atoms with van der Waals surface area (Å²) in [5.41, 5.74) is 1.72. The third kappa shape index (κ3) is 2.94. The molecule has 0 atom stereocenters. The first kappa shape index (κ1) is 15.6. The van der Waals surface area contributed by atoms with Crippen molar-refractivity contribution < 1.29 is 9.21 Å². The number of nitrogens with zero attached hydrogens (tertiary/aromatic N) is 4. The van der Waals surface area contributed by atoms with Crippen LogP contribution in [0.4, 0.5) is 0 Å². The van der Waals surface area contributed by atoms with Crippen molar-refractivity contribution in [2.45, 2.75) is 26.3 Å². The molecule has 0 saturated heterocycles. The first-order valence-corrected chi connectivity index (χ1v) is 7.67. The molecule has 2 heterocycles. The highest BCUT2D eigenvalue weighted by molar-refractivity contribution is 6.30. The van der Waals surface area contributed by atoms with Crippen molar-refractivity contribution in [3.63, 3.8) is 0 Å². The van der Waals surface area contributed by atoms with Crippen LogP contribution in [0.15, 0.2) is 35.0 Å². The van der Waals surface area contributed by atoms with Crippen LogP contribution in [-0.2, 0) is 6.54 Å². The number of carbonyl (C=O) groups is 1. The third-order valence-electron chi connectivity index (χ3n) is 3.59. The van der Waals surface area contributed by atoms with E-state index in [-0.39, 0.29) is 17.6 Å². The van der Waals surface area contributed by atoms with Gasteiger partial charge in [0.05, 0.1) is 5.69 Å². The lowest BCUT2D eigenvalue weighted by Gasteiger charge is -2.17. The molecule has 1 aromatic carbocycles. The number of carbonyl (C=O) groups excluding carboxylic acids is 1. The molecule has 0 spiro atoms. The van der Waals surface area contributed by atoms with Gasteiger partial charge in [0, 0.05) is 18.6 Å². The minimum Gasteiger partial charge on any atom is -0.416 e. The van der Waals surface area contributed by atoms with E-state index in [1.54, 1.807) is 28.6 Å². The van der Waals surface area contributed by atoms with Crippen LogP contribution < -0.4 is 0 Å². The number of benzene rings is 1. The van der Waals surface area contributed by atoms with Crippen LogP contribution in [0.1, 0.15) is 41.6 Å². The highest BCUT2D eigenvalue weighted by Crippen LogP contribution is 2.24. The van der Waals surface area contributed by atoms with Crippen molar-refractivity contribution in [1.82, 2.24) is 19.5 Å². The molecular formula is C16H17ClN4O2. The largest absolute Gasteiger partial charge is 0.416 e. The molecule has 0 fully saturated rings. The van der Waals surface area contributed by atoms with Gasteiger partial charge in [-0.3, -0.25) is 4.79 Å². The molecule has 0 radical (unpaired) electrons. The topological polar surface area (TPSA) is 63.6 Å². The quantitative estimate of drug-likeness (QED) is 0.734. The molecule has 2 aromatic heterocycles. The van der Waals surface area contributed by atoms with Gasteiger partial charge in [-0.2, -0.15) is 14.6 Å². The maximum atomic E-state index is 12.7. The fraction of sp³-hybridized carbons (Fsp3) is 0.312. The molecular weight excluding hydrogens is 316 g/mol. The predicted octanol–water partition coefficient (Wildman–Crippen LogP) is 3.37. The van der Waals surface area contributed by atoms with Crippen LogP contribution in [0.25, 0.3) is 5.84 Å². The summed E-state index contributed by atoms with van der Waals surface area (Å²) in [7, 11) is 1.74. The summed E-state index contributed by atoms with van der Waals surface area (Å²) >= 11 is 5.88. The average Bonchev–Trinajstić information content (AvgIpc) is 3.08. The van der Waals surface area contributed by atoms with Crippen LogP contribution in [-0.4, -0.2) is 32.5 Å². The smallest absolute Gasteiger partial charge is 0.325 e. The van der Waals surface area contributed by atoms with Gasteiger partial charge in [-0.15, -0.1) is 0 Å². The molecule has 23 heavy (non-hydrogen) atoms. The Morgan fingerprint density at radius 1 is 1.35 bits per heavy atom. The van der Waals surface area contributed by atoms with Gasteiger partial charge in [-0.1, -0.05) is 37.6 Å². The molecule has 7 heteroatoms. The van der Waals surface area contributed by atoms with Crippen LogP contribution in [0.5, 0.6) is 0 Å². The van der Waals surface area contributed by atoms with Gasteiger partial charge in [0.15, 0.2) is 0 Å². The SMILES string of the molecule is CC(C)c1c(C(=O)N(C)Cc2ccc(Cl)cc2)oc2ncnn12. The standard InChI is InChI=1S/C16H17ClN4O2/c1-10(2)13-14(23-16-18-9-19-21(13)16)15(22)20(3)8-11-4-6-12(17)7-5-11/h4-7,9-10H,8H2,1-3H3. The number of rotatable bonds is 4. The van der Waals surface area contributed by atoms with Crippen molar-refractivity contribution in [2.24, 2.45) is 0 Å². The first-order chi connectivity index (χ1) is 11.0. The van der Waals surface area contributed by atoms with Gasteiger partial charge >= 0.3 is 5.84 Å². The fourth-order valence-electron chi connectivity index (χ4n) is 2.47. The van der Waals surface area contributed by atoms with Crippen LogP contribution in [0.3, 0.4) is 0 Å². The van der Waals surface area contributed by atoms with Crippen LogP contribution in [0, 0.1) is 0 Å². The maximum absolute atomic E-state index is 12.7. The Balaban J connectivity index is 1.88. The summed E-state index contributed by atoms with van der Waals surface area (Å²) < 4.78 is 7.19. The van der Waals surface area contributed by atoms with Gasteiger partial charge in [0.1, 0.15) is 6.33 Å². The molecule has 3 aromatic rings. The summed E-state index contributed by atoms with van der Waals surface area (Å²) in [6, 6.07) is 7.40. The number of hydrogen-bond donors (Lipinski definition) is 0. The molecule has 0 aliphatic heterocycles. The monoisotopic (exact) mass is 332 g/mol. The number of fused-ring (bicyclic) bond motifs is 1. The van der Waals surface area contributed by atoms with E-state index >= 15 is 0 Å². The molecule has 0 unspecified atom stereocenters. The van der Waals surface area contributed by atoms with E-state index in [0.717, 1.165) is 11.3 Å². The second kappa shape index (κ2) is 6.04. The molecule has 0 N–H and O–H groups in total. The number of amides is 1. The summed E-state index contributed by atoms with van der Waals surface area (Å²) in [5.74, 6) is 0.501. The van der Waals surface area contributed by atoms with E-state index in [2.05, 4.69) is 10.1 Å². The van der Waals surface area contributed by atoms with Gasteiger partial charge < -0.3 is 9.32 Å². The van der Waals surface area contributed by atoms with Gasteiger partial charge in [0.2, 0.25) is 5.76 Å². The molecule has 120 valence electrons. The second-order valence-corrected chi connectivity index (χ2v) is 6.15. The minimum absolute atomic E-state index is 0.0841. The lowest BCUT2D eigenvalue weighted by molar-refractivity contribution is 0.0753. The number of halogens is 1. The van der Waals surface area contributed by atoms with E-state index in [4.69, 9.17) is 16.0 Å². The van der Waals surface area contributed by atoms with E-state index in [1.807, 2.05) is 26.0 Å². The second-order valence-electron chi connectivity index (χ2n) is 5.71. The number of hydrogen-bond acceptors (Lipinski definition) is 4. The summed E-state index contributed by atoms with van der Waals surface area (Å²) in [6.07, 6.45) is 1.41. The Hall–Kier alpha value is -2.34. The molecule has 3 rings (SSSR count). The van der Waals surface area contributed by atoms with E-state index < -0.39 is 0 Å². The predicted molar refractivity (Wildman–Crippen MR) is 86.6 cm³/mol. The molecule has 0 saturated carbocycles. The Bertz CT molecular complexity index is 836. The Morgan fingerprint density at radius 2 is 2.04 bits per heavy atom. The molecule has 0 bridgehead atoms. The van der Waals surface area contributed by atoms with Crippen LogP contribution >= 0.6 is 11.6 Å². The molecule has 0 aliphatic rings. The summed E-state index contributed by atoms with van der Waals surface area (Å²) in [4.78, 5) is 18.4. The van der Waals surface area contributed by atoms with Gasteiger partial charge in [-0.25, -0.2) is 0 Å². The zero-order chi connectivity index (χ0) is 16.6. The normalized spacial score (nSPS) is 11.3. The lowest BCUT2D eigenvalue weighted by Crippen LogP contribution is -2.27. The van der Waals surface area contributed by atoms with Crippen molar-refractivity contribution in [2.75, 3.05) is 7.05 Å².